The highest BCUT2D eigenvalue weighted by Gasteiger charge is 2.15. The maximum Gasteiger partial charge on any atom is 0.368 e. The number of methoxy groups -OCH3 is 2. The van der Waals surface area contributed by atoms with Crippen LogP contribution in [-0.2, 0) is 6.54 Å². The van der Waals surface area contributed by atoms with Crippen LogP contribution >= 0.6 is 27.5 Å². The van der Waals surface area contributed by atoms with Crippen LogP contribution in [-0.4, -0.2) is 34.0 Å². The average Bonchev–Trinajstić information content (AvgIpc) is 2.97. The van der Waals surface area contributed by atoms with Crippen molar-refractivity contribution in [2.45, 2.75) is 6.54 Å². The summed E-state index contributed by atoms with van der Waals surface area (Å²) in [7, 11) is 3.12. The van der Waals surface area contributed by atoms with Crippen molar-refractivity contribution in [3.8, 4) is 17.2 Å². The highest BCUT2D eigenvalue weighted by atomic mass is 79.9. The van der Waals surface area contributed by atoms with Crippen molar-refractivity contribution in [3.05, 3.63) is 61.9 Å². The smallest absolute Gasteiger partial charge is 0.368 e. The van der Waals surface area contributed by atoms with Crippen LogP contribution in [0, 0.1) is 0 Å². The average molecular weight is 426 g/mol. The van der Waals surface area contributed by atoms with Crippen LogP contribution in [0.1, 0.15) is 5.56 Å². The predicted octanol–water partition coefficient (Wildman–Crippen LogP) is 2.91. The summed E-state index contributed by atoms with van der Waals surface area (Å²) in [6.45, 7) is 0.177. The van der Waals surface area contributed by atoms with Crippen LogP contribution in [0.15, 0.2) is 45.7 Å². The van der Waals surface area contributed by atoms with E-state index in [4.69, 9.17) is 21.1 Å². The summed E-state index contributed by atoms with van der Waals surface area (Å²) in [5.41, 5.74) is 0.800. The molecule has 1 aromatic heterocycles. The van der Waals surface area contributed by atoms with Crippen molar-refractivity contribution >= 4 is 27.5 Å². The fourth-order valence-electron chi connectivity index (χ4n) is 2.36. The molecule has 0 spiro atoms. The van der Waals surface area contributed by atoms with Crippen LogP contribution in [0.25, 0.3) is 5.69 Å². The van der Waals surface area contributed by atoms with Gasteiger partial charge < -0.3 is 9.47 Å². The number of aromatic nitrogens is 4. The molecule has 0 aliphatic carbocycles. The molecular formula is C16H14BrClN4O3. The molecule has 0 N–H and O–H groups in total. The summed E-state index contributed by atoms with van der Waals surface area (Å²) in [6, 6.07) is 10.5. The lowest BCUT2D eigenvalue weighted by Gasteiger charge is -2.11. The molecule has 3 aromatic rings. The Hall–Kier alpha value is -2.32. The molecule has 0 radical (unpaired) electrons. The van der Waals surface area contributed by atoms with E-state index >= 15 is 0 Å². The molecule has 1 heterocycles. The molecule has 0 saturated carbocycles. The third-order valence-corrected chi connectivity index (χ3v) is 4.53. The topological polar surface area (TPSA) is 71.2 Å². The largest absolute Gasteiger partial charge is 0.496 e. The van der Waals surface area contributed by atoms with E-state index in [1.165, 1.54) is 4.68 Å². The van der Waals surface area contributed by atoms with Gasteiger partial charge in [-0.15, -0.1) is 0 Å². The monoisotopic (exact) mass is 424 g/mol. The summed E-state index contributed by atoms with van der Waals surface area (Å²) in [5.74, 6) is 1.23. The minimum Gasteiger partial charge on any atom is -0.496 e. The van der Waals surface area contributed by atoms with E-state index in [1.807, 2.05) is 0 Å². The summed E-state index contributed by atoms with van der Waals surface area (Å²) < 4.78 is 13.8. The Balaban J connectivity index is 2.01. The Labute approximate surface area is 156 Å². The van der Waals surface area contributed by atoms with E-state index in [-0.39, 0.29) is 6.54 Å². The quantitative estimate of drug-likeness (QED) is 0.628. The molecule has 0 unspecified atom stereocenters. The third kappa shape index (κ3) is 3.40. The van der Waals surface area contributed by atoms with E-state index in [1.54, 1.807) is 50.6 Å². The van der Waals surface area contributed by atoms with Crippen molar-refractivity contribution in [2.75, 3.05) is 14.2 Å². The highest BCUT2D eigenvalue weighted by Crippen LogP contribution is 2.33. The lowest BCUT2D eigenvalue weighted by Crippen LogP contribution is -2.25. The SMILES string of the molecule is COc1cc(Cn2nnn(-c3ccccc3Cl)c2=O)c(OC)cc1Br. The zero-order valence-corrected chi connectivity index (χ0v) is 15.8. The first-order valence-corrected chi connectivity index (χ1v) is 8.40. The van der Waals surface area contributed by atoms with Crippen molar-refractivity contribution in [1.29, 1.82) is 0 Å². The van der Waals surface area contributed by atoms with E-state index < -0.39 is 5.69 Å². The molecule has 0 aliphatic rings. The Morgan fingerprint density at radius 3 is 2.52 bits per heavy atom. The van der Waals surface area contributed by atoms with E-state index in [2.05, 4.69) is 26.4 Å². The van der Waals surface area contributed by atoms with Gasteiger partial charge in [0, 0.05) is 5.56 Å². The Kier molecular flexibility index (Phi) is 5.10. The second kappa shape index (κ2) is 7.28. The van der Waals surface area contributed by atoms with Gasteiger partial charge in [0.1, 0.15) is 11.5 Å². The first-order valence-electron chi connectivity index (χ1n) is 7.23. The van der Waals surface area contributed by atoms with Crippen LogP contribution in [0.3, 0.4) is 0 Å². The molecule has 9 heteroatoms. The maximum absolute atomic E-state index is 12.6. The summed E-state index contributed by atoms with van der Waals surface area (Å²) in [5, 5.41) is 8.26. The standard InChI is InChI=1S/C16H14BrClN4O3/c1-24-14-8-11(17)15(25-2)7-10(14)9-21-16(23)22(20-19-21)13-6-4-3-5-12(13)18/h3-8H,9H2,1-2H3. The van der Waals surface area contributed by atoms with Crippen molar-refractivity contribution in [3.63, 3.8) is 0 Å². The molecule has 3 rings (SSSR count). The third-order valence-electron chi connectivity index (χ3n) is 3.60. The number of para-hydroxylation sites is 1. The molecule has 0 bridgehead atoms. The highest BCUT2D eigenvalue weighted by molar-refractivity contribution is 9.10. The Bertz CT molecular complexity index is 970. The van der Waals surface area contributed by atoms with Gasteiger partial charge in [-0.25, -0.2) is 4.79 Å². The summed E-state index contributed by atoms with van der Waals surface area (Å²) >= 11 is 9.53. The molecular weight excluding hydrogens is 412 g/mol. The number of hydrogen-bond donors (Lipinski definition) is 0. The van der Waals surface area contributed by atoms with E-state index in [0.717, 1.165) is 14.7 Å². The Morgan fingerprint density at radius 2 is 1.84 bits per heavy atom. The number of ether oxygens (including phenoxy) is 2. The van der Waals surface area contributed by atoms with Crippen LogP contribution in [0.5, 0.6) is 11.5 Å². The molecule has 0 saturated heterocycles. The molecule has 2 aromatic carbocycles. The van der Waals surface area contributed by atoms with Gasteiger partial charge in [-0.3, -0.25) is 0 Å². The normalized spacial score (nSPS) is 10.7. The lowest BCUT2D eigenvalue weighted by atomic mass is 10.2. The van der Waals surface area contributed by atoms with Crippen molar-refractivity contribution in [1.82, 2.24) is 19.8 Å². The zero-order valence-electron chi connectivity index (χ0n) is 13.4. The first kappa shape index (κ1) is 17.5. The maximum atomic E-state index is 12.6. The van der Waals surface area contributed by atoms with Gasteiger partial charge >= 0.3 is 5.69 Å². The van der Waals surface area contributed by atoms with Gasteiger partial charge in [0.2, 0.25) is 0 Å². The van der Waals surface area contributed by atoms with Crippen molar-refractivity contribution < 1.29 is 9.47 Å². The van der Waals surface area contributed by atoms with Gasteiger partial charge in [0.25, 0.3) is 0 Å². The van der Waals surface area contributed by atoms with Gasteiger partial charge in [-0.2, -0.15) is 9.36 Å². The molecule has 25 heavy (non-hydrogen) atoms. The van der Waals surface area contributed by atoms with Gasteiger partial charge in [0.05, 0.1) is 35.9 Å². The van der Waals surface area contributed by atoms with Crippen LogP contribution < -0.4 is 15.2 Å². The number of benzene rings is 2. The molecule has 0 atom stereocenters. The molecule has 0 aliphatic heterocycles. The molecule has 130 valence electrons. The molecule has 7 nitrogen and oxygen atoms in total. The number of nitrogens with zero attached hydrogens (tertiary/aromatic N) is 4. The zero-order chi connectivity index (χ0) is 18.0. The summed E-state index contributed by atoms with van der Waals surface area (Å²) in [4.78, 5) is 12.6. The minimum absolute atomic E-state index is 0.177. The van der Waals surface area contributed by atoms with Gasteiger partial charge in [-0.1, -0.05) is 23.7 Å². The number of hydrogen-bond acceptors (Lipinski definition) is 5. The fourth-order valence-corrected chi connectivity index (χ4v) is 3.06. The van der Waals surface area contributed by atoms with Crippen LogP contribution in [0.4, 0.5) is 0 Å². The summed E-state index contributed by atoms with van der Waals surface area (Å²) in [6.07, 6.45) is 0. The molecule has 0 fully saturated rings. The second-order valence-electron chi connectivity index (χ2n) is 5.08. The van der Waals surface area contributed by atoms with Crippen molar-refractivity contribution in [2.24, 2.45) is 0 Å². The first-order chi connectivity index (χ1) is 12.0. The number of tetrazole rings is 1. The molecule has 0 amide bonds. The predicted molar refractivity (Wildman–Crippen MR) is 97.0 cm³/mol. The van der Waals surface area contributed by atoms with E-state index in [0.29, 0.717) is 22.2 Å². The van der Waals surface area contributed by atoms with Crippen LogP contribution in [0.2, 0.25) is 5.02 Å². The minimum atomic E-state index is -0.406. The number of halogens is 2. The van der Waals surface area contributed by atoms with Gasteiger partial charge in [0.15, 0.2) is 0 Å². The second-order valence-corrected chi connectivity index (χ2v) is 6.34. The van der Waals surface area contributed by atoms with E-state index in [9.17, 15) is 4.79 Å². The lowest BCUT2D eigenvalue weighted by molar-refractivity contribution is 0.394. The van der Waals surface area contributed by atoms with Gasteiger partial charge in [-0.05, 0) is 50.6 Å². The fraction of sp³-hybridized carbons (Fsp3) is 0.188. The Morgan fingerprint density at radius 1 is 1.12 bits per heavy atom. The number of rotatable bonds is 5.